The zero-order chi connectivity index (χ0) is 18.4. The first-order chi connectivity index (χ1) is 12.7. The highest BCUT2D eigenvalue weighted by Crippen LogP contribution is 2.33. The Labute approximate surface area is 158 Å². The molecule has 1 N–H and O–H groups in total. The maximum atomic E-state index is 12.3. The molecule has 1 aliphatic carbocycles. The lowest BCUT2D eigenvalue weighted by Gasteiger charge is -2.19. The number of methoxy groups -OCH3 is 1. The van der Waals surface area contributed by atoms with Crippen molar-refractivity contribution in [2.45, 2.75) is 32.6 Å². The van der Waals surface area contributed by atoms with E-state index in [-0.39, 0.29) is 5.91 Å². The molecule has 1 amide bonds. The summed E-state index contributed by atoms with van der Waals surface area (Å²) >= 11 is 1.60. The Kier molecular flexibility index (Phi) is 6.23. The number of carbonyl (C=O) groups is 1. The van der Waals surface area contributed by atoms with Gasteiger partial charge in [0.1, 0.15) is 5.75 Å². The maximum absolute atomic E-state index is 12.3. The molecule has 0 radical (unpaired) electrons. The molecule has 1 atom stereocenters. The van der Waals surface area contributed by atoms with Gasteiger partial charge in [-0.15, -0.1) is 11.3 Å². The van der Waals surface area contributed by atoms with E-state index in [2.05, 4.69) is 17.5 Å². The number of hydrogen-bond acceptors (Lipinski definition) is 4. The second-order valence-corrected chi connectivity index (χ2v) is 7.53. The van der Waals surface area contributed by atoms with Gasteiger partial charge in [0.2, 0.25) is 0 Å². The fourth-order valence-corrected chi connectivity index (χ4v) is 4.30. The van der Waals surface area contributed by atoms with Crippen LogP contribution in [0.4, 0.5) is 0 Å². The molecule has 136 valence electrons. The van der Waals surface area contributed by atoms with Crippen LogP contribution < -0.4 is 10.2 Å². The summed E-state index contributed by atoms with van der Waals surface area (Å²) in [6.45, 7) is 2.24. The van der Waals surface area contributed by atoms with Gasteiger partial charge in [0.15, 0.2) is 0 Å². The number of carbonyl (C=O) groups excluding carboxylic acids is 1. The number of benzene rings is 1. The Balaban J connectivity index is 1.57. The highest BCUT2D eigenvalue weighted by atomic mass is 32.1. The van der Waals surface area contributed by atoms with Crippen molar-refractivity contribution < 1.29 is 9.53 Å². The molecule has 5 heteroatoms. The average molecular weight is 369 g/mol. The predicted molar refractivity (Wildman–Crippen MR) is 108 cm³/mol. The van der Waals surface area contributed by atoms with Crippen LogP contribution in [0.3, 0.4) is 0 Å². The van der Waals surface area contributed by atoms with E-state index in [4.69, 9.17) is 4.74 Å². The van der Waals surface area contributed by atoms with Crippen molar-refractivity contribution in [2.24, 2.45) is 11.0 Å². The number of hydrazone groups is 1. The van der Waals surface area contributed by atoms with Gasteiger partial charge in [0.05, 0.1) is 12.0 Å². The van der Waals surface area contributed by atoms with Gasteiger partial charge in [-0.25, -0.2) is 5.43 Å². The molecule has 0 bridgehead atoms. The van der Waals surface area contributed by atoms with E-state index in [0.717, 1.165) is 34.9 Å². The summed E-state index contributed by atoms with van der Waals surface area (Å²) in [5.74, 6) is 1.42. The molecular formula is C21H24N2O2S. The lowest BCUT2D eigenvalue weighted by Crippen LogP contribution is -2.15. The SMILES string of the molecule is CCC1CCc2sc(C(=O)N/N=C/C=C/c3ccccc3OC)cc2C1. The summed E-state index contributed by atoms with van der Waals surface area (Å²) in [7, 11) is 1.64. The van der Waals surface area contributed by atoms with E-state index in [1.165, 1.54) is 23.3 Å². The van der Waals surface area contributed by atoms with Crippen LogP contribution in [0.1, 0.15) is 45.4 Å². The van der Waals surface area contributed by atoms with E-state index in [1.807, 2.05) is 36.4 Å². The van der Waals surface area contributed by atoms with Gasteiger partial charge < -0.3 is 4.74 Å². The monoisotopic (exact) mass is 368 g/mol. The van der Waals surface area contributed by atoms with Crippen LogP contribution in [0, 0.1) is 5.92 Å². The summed E-state index contributed by atoms with van der Waals surface area (Å²) in [5, 5.41) is 4.01. The van der Waals surface area contributed by atoms with Crippen LogP contribution in [-0.4, -0.2) is 19.2 Å². The minimum Gasteiger partial charge on any atom is -0.496 e. The molecule has 0 saturated heterocycles. The van der Waals surface area contributed by atoms with Crippen molar-refractivity contribution in [1.29, 1.82) is 0 Å². The van der Waals surface area contributed by atoms with Crippen LogP contribution in [0.5, 0.6) is 5.75 Å². The number of nitrogens with zero attached hydrogens (tertiary/aromatic N) is 1. The molecule has 0 saturated carbocycles. The molecule has 1 aromatic carbocycles. The fourth-order valence-electron chi connectivity index (χ4n) is 3.20. The van der Waals surface area contributed by atoms with E-state index in [0.29, 0.717) is 0 Å². The van der Waals surface area contributed by atoms with Crippen molar-refractivity contribution in [3.63, 3.8) is 0 Å². The third kappa shape index (κ3) is 4.41. The van der Waals surface area contributed by atoms with E-state index in [9.17, 15) is 4.79 Å². The fraction of sp³-hybridized carbons (Fsp3) is 0.333. The van der Waals surface area contributed by atoms with Crippen LogP contribution in [0.2, 0.25) is 0 Å². The normalized spacial score (nSPS) is 16.8. The molecule has 0 fully saturated rings. The van der Waals surface area contributed by atoms with Gasteiger partial charge in [0.25, 0.3) is 5.91 Å². The minimum absolute atomic E-state index is 0.139. The molecule has 1 aliphatic rings. The van der Waals surface area contributed by atoms with E-state index >= 15 is 0 Å². The average Bonchev–Trinajstić information content (AvgIpc) is 3.11. The molecule has 26 heavy (non-hydrogen) atoms. The van der Waals surface area contributed by atoms with Crippen molar-refractivity contribution in [1.82, 2.24) is 5.43 Å². The quantitative estimate of drug-likeness (QED) is 0.593. The summed E-state index contributed by atoms with van der Waals surface area (Å²) in [6, 6.07) is 9.77. The topological polar surface area (TPSA) is 50.7 Å². The van der Waals surface area contributed by atoms with Gasteiger partial charge in [-0.05, 0) is 55.0 Å². The maximum Gasteiger partial charge on any atom is 0.281 e. The van der Waals surface area contributed by atoms with Crippen LogP contribution in [0.25, 0.3) is 6.08 Å². The van der Waals surface area contributed by atoms with Gasteiger partial charge in [-0.1, -0.05) is 31.5 Å². The third-order valence-corrected chi connectivity index (χ3v) is 5.96. The molecule has 1 heterocycles. The number of rotatable bonds is 6. The first kappa shape index (κ1) is 18.4. The molecular weight excluding hydrogens is 344 g/mol. The van der Waals surface area contributed by atoms with Crippen LogP contribution >= 0.6 is 11.3 Å². The van der Waals surface area contributed by atoms with Crippen molar-refractivity contribution in [3.05, 3.63) is 57.3 Å². The number of nitrogens with one attached hydrogen (secondary N) is 1. The van der Waals surface area contributed by atoms with E-state index < -0.39 is 0 Å². The zero-order valence-corrected chi connectivity index (χ0v) is 16.0. The van der Waals surface area contributed by atoms with Gasteiger partial charge in [-0.2, -0.15) is 5.10 Å². The van der Waals surface area contributed by atoms with Gasteiger partial charge in [0, 0.05) is 16.7 Å². The first-order valence-corrected chi connectivity index (χ1v) is 9.77. The lowest BCUT2D eigenvalue weighted by molar-refractivity contribution is 0.0959. The minimum atomic E-state index is -0.139. The summed E-state index contributed by atoms with van der Waals surface area (Å²) < 4.78 is 5.29. The Morgan fingerprint density at radius 2 is 2.27 bits per heavy atom. The first-order valence-electron chi connectivity index (χ1n) is 8.96. The van der Waals surface area contributed by atoms with Crippen molar-refractivity contribution >= 4 is 29.5 Å². The van der Waals surface area contributed by atoms with Crippen molar-refractivity contribution in [2.75, 3.05) is 7.11 Å². The highest BCUT2D eigenvalue weighted by Gasteiger charge is 2.21. The molecule has 1 unspecified atom stereocenters. The Bertz CT molecular complexity index is 823. The number of para-hydroxylation sites is 1. The number of aryl methyl sites for hydroxylation is 1. The second kappa shape index (κ2) is 8.81. The Hall–Kier alpha value is -2.40. The number of allylic oxidation sites excluding steroid dienone is 1. The number of fused-ring (bicyclic) bond motifs is 1. The summed E-state index contributed by atoms with van der Waals surface area (Å²) in [6.07, 6.45) is 9.88. The standard InChI is InChI=1S/C21H24N2O2S/c1-3-15-10-11-19-17(13-15)14-20(26-19)21(24)23-22-12-6-8-16-7-4-5-9-18(16)25-2/h4-9,12,14-15H,3,10-11,13H2,1-2H3,(H,23,24)/b8-6+,22-12+. The van der Waals surface area contributed by atoms with E-state index in [1.54, 1.807) is 30.7 Å². The summed E-state index contributed by atoms with van der Waals surface area (Å²) in [4.78, 5) is 14.4. The molecule has 1 aromatic heterocycles. The molecule has 0 aliphatic heterocycles. The third-order valence-electron chi connectivity index (χ3n) is 4.73. The smallest absolute Gasteiger partial charge is 0.281 e. The molecule has 4 nitrogen and oxygen atoms in total. The molecule has 2 aromatic rings. The molecule has 0 spiro atoms. The Morgan fingerprint density at radius 1 is 1.42 bits per heavy atom. The van der Waals surface area contributed by atoms with Crippen molar-refractivity contribution in [3.8, 4) is 5.75 Å². The number of thiophene rings is 1. The largest absolute Gasteiger partial charge is 0.496 e. The lowest BCUT2D eigenvalue weighted by atomic mass is 9.87. The molecule has 3 rings (SSSR count). The van der Waals surface area contributed by atoms with Crippen LogP contribution in [-0.2, 0) is 12.8 Å². The van der Waals surface area contributed by atoms with Crippen LogP contribution in [0.15, 0.2) is 41.5 Å². The highest BCUT2D eigenvalue weighted by molar-refractivity contribution is 7.14. The van der Waals surface area contributed by atoms with Gasteiger partial charge >= 0.3 is 0 Å². The Morgan fingerprint density at radius 3 is 3.08 bits per heavy atom. The summed E-state index contributed by atoms with van der Waals surface area (Å²) in [5.41, 5.74) is 4.91. The number of amides is 1. The zero-order valence-electron chi connectivity index (χ0n) is 15.2. The predicted octanol–water partition coefficient (Wildman–Crippen LogP) is 4.70. The number of ether oxygens (including phenoxy) is 1. The number of hydrogen-bond donors (Lipinski definition) is 1. The second-order valence-electron chi connectivity index (χ2n) is 6.40. The van der Waals surface area contributed by atoms with Gasteiger partial charge in [-0.3, -0.25) is 4.79 Å².